The third-order valence-electron chi connectivity index (χ3n) is 3.81. The monoisotopic (exact) mass is 281 g/mol. The Morgan fingerprint density at radius 1 is 1.00 bits per heavy atom. The average Bonchev–Trinajstić information content (AvgIpc) is 2.43. The Bertz CT molecular complexity index is 629. The van der Waals surface area contributed by atoms with Crippen LogP contribution < -0.4 is 5.32 Å². The number of nitrogens with one attached hydrogen (secondary N) is 1. The van der Waals surface area contributed by atoms with Crippen molar-refractivity contribution in [1.29, 1.82) is 0 Å². The first kappa shape index (κ1) is 15.3. The van der Waals surface area contributed by atoms with Crippen molar-refractivity contribution in [3.63, 3.8) is 0 Å². The molecule has 0 aliphatic rings. The maximum atomic E-state index is 12.2. The lowest BCUT2D eigenvalue weighted by atomic mass is 10.0. The lowest BCUT2D eigenvalue weighted by Crippen LogP contribution is -2.28. The van der Waals surface area contributed by atoms with Crippen LogP contribution in [-0.4, -0.2) is 5.91 Å². The van der Waals surface area contributed by atoms with Crippen LogP contribution in [0, 0.1) is 20.8 Å². The van der Waals surface area contributed by atoms with E-state index in [-0.39, 0.29) is 11.9 Å². The van der Waals surface area contributed by atoms with Crippen LogP contribution in [0.4, 0.5) is 0 Å². The molecule has 0 radical (unpaired) electrons. The van der Waals surface area contributed by atoms with E-state index < -0.39 is 0 Å². The maximum Gasteiger partial charge on any atom is 0.224 e. The Labute approximate surface area is 127 Å². The maximum absolute atomic E-state index is 12.2. The molecule has 2 heteroatoms. The van der Waals surface area contributed by atoms with Crippen molar-refractivity contribution in [3.8, 4) is 0 Å². The van der Waals surface area contributed by atoms with Gasteiger partial charge in [0, 0.05) is 0 Å². The van der Waals surface area contributed by atoms with Gasteiger partial charge < -0.3 is 5.32 Å². The van der Waals surface area contributed by atoms with Crippen molar-refractivity contribution in [2.24, 2.45) is 0 Å². The number of hydrogen-bond donors (Lipinski definition) is 1. The van der Waals surface area contributed by atoms with Gasteiger partial charge in [0.2, 0.25) is 5.91 Å². The average molecular weight is 281 g/mol. The lowest BCUT2D eigenvalue weighted by molar-refractivity contribution is -0.121. The minimum absolute atomic E-state index is 0.0308. The molecule has 0 saturated carbocycles. The summed E-state index contributed by atoms with van der Waals surface area (Å²) in [4.78, 5) is 12.2. The molecule has 0 aliphatic carbocycles. The van der Waals surface area contributed by atoms with Gasteiger partial charge in [-0.05, 0) is 44.4 Å². The number of aryl methyl sites for hydroxylation is 3. The Morgan fingerprint density at radius 2 is 1.62 bits per heavy atom. The molecule has 0 saturated heterocycles. The molecule has 1 atom stereocenters. The zero-order valence-electron chi connectivity index (χ0n) is 13.2. The number of carbonyl (C=O) groups excluding carboxylic acids is 1. The highest BCUT2D eigenvalue weighted by Crippen LogP contribution is 2.15. The number of benzene rings is 2. The van der Waals surface area contributed by atoms with Crippen molar-refractivity contribution in [2.45, 2.75) is 40.2 Å². The predicted molar refractivity (Wildman–Crippen MR) is 87.4 cm³/mol. The van der Waals surface area contributed by atoms with Crippen molar-refractivity contribution in [2.75, 3.05) is 0 Å². The summed E-state index contributed by atoms with van der Waals surface area (Å²) in [5, 5.41) is 3.07. The SMILES string of the molecule is Cc1ccc(C(C)NC(=O)Cc2cc(C)ccc2C)cc1. The summed E-state index contributed by atoms with van der Waals surface area (Å²) in [6.07, 6.45) is 0.434. The fraction of sp³-hybridized carbons (Fsp3) is 0.316. The molecule has 1 amide bonds. The Kier molecular flexibility index (Phi) is 4.79. The first-order valence-corrected chi connectivity index (χ1v) is 7.38. The van der Waals surface area contributed by atoms with Crippen LogP contribution in [0.3, 0.4) is 0 Å². The van der Waals surface area contributed by atoms with E-state index in [2.05, 4.69) is 61.6 Å². The largest absolute Gasteiger partial charge is 0.349 e. The Morgan fingerprint density at radius 3 is 2.29 bits per heavy atom. The van der Waals surface area contributed by atoms with E-state index in [9.17, 15) is 4.79 Å². The van der Waals surface area contributed by atoms with Crippen LogP contribution in [0.2, 0.25) is 0 Å². The van der Waals surface area contributed by atoms with Gasteiger partial charge in [-0.1, -0.05) is 53.6 Å². The third kappa shape index (κ3) is 4.19. The summed E-state index contributed by atoms with van der Waals surface area (Å²) in [6.45, 7) is 8.18. The van der Waals surface area contributed by atoms with Crippen LogP contribution in [0.5, 0.6) is 0 Å². The second-order valence-corrected chi connectivity index (χ2v) is 5.81. The van der Waals surface area contributed by atoms with Crippen LogP contribution in [0.25, 0.3) is 0 Å². The van der Waals surface area contributed by atoms with Gasteiger partial charge in [-0.3, -0.25) is 4.79 Å². The fourth-order valence-corrected chi connectivity index (χ4v) is 2.39. The van der Waals surface area contributed by atoms with Gasteiger partial charge in [0.05, 0.1) is 12.5 Å². The first-order chi connectivity index (χ1) is 9.95. The summed E-state index contributed by atoms with van der Waals surface area (Å²) < 4.78 is 0. The quantitative estimate of drug-likeness (QED) is 0.900. The van der Waals surface area contributed by atoms with Gasteiger partial charge in [-0.2, -0.15) is 0 Å². The standard InChI is InChI=1S/C19H23NO/c1-13-6-9-17(10-7-13)16(4)20-19(21)12-18-11-14(2)5-8-15(18)3/h5-11,16H,12H2,1-4H3,(H,20,21). The van der Waals surface area contributed by atoms with E-state index in [0.29, 0.717) is 6.42 Å². The summed E-state index contributed by atoms with van der Waals surface area (Å²) in [5.41, 5.74) is 5.82. The molecule has 2 aromatic carbocycles. The molecule has 2 rings (SSSR count). The molecule has 2 nitrogen and oxygen atoms in total. The van der Waals surface area contributed by atoms with Crippen LogP contribution >= 0.6 is 0 Å². The topological polar surface area (TPSA) is 29.1 Å². The van der Waals surface area contributed by atoms with E-state index in [1.165, 1.54) is 16.7 Å². The molecule has 21 heavy (non-hydrogen) atoms. The highest BCUT2D eigenvalue weighted by Gasteiger charge is 2.11. The molecule has 0 spiro atoms. The molecule has 0 aliphatic heterocycles. The molecule has 0 heterocycles. The highest BCUT2D eigenvalue weighted by atomic mass is 16.1. The molecule has 1 N–H and O–H groups in total. The summed E-state index contributed by atoms with van der Waals surface area (Å²) >= 11 is 0. The van der Waals surface area contributed by atoms with E-state index in [1.807, 2.05) is 13.8 Å². The van der Waals surface area contributed by atoms with Gasteiger partial charge in [0.25, 0.3) is 0 Å². The molecular formula is C19H23NO. The molecule has 110 valence electrons. The number of carbonyl (C=O) groups is 1. The highest BCUT2D eigenvalue weighted by molar-refractivity contribution is 5.79. The van der Waals surface area contributed by atoms with Crippen molar-refractivity contribution < 1.29 is 4.79 Å². The van der Waals surface area contributed by atoms with Gasteiger partial charge in [0.15, 0.2) is 0 Å². The molecule has 0 aromatic heterocycles. The third-order valence-corrected chi connectivity index (χ3v) is 3.81. The number of rotatable bonds is 4. The van der Waals surface area contributed by atoms with E-state index in [1.54, 1.807) is 0 Å². The summed E-state index contributed by atoms with van der Waals surface area (Å²) in [7, 11) is 0. The predicted octanol–water partition coefficient (Wildman–Crippen LogP) is 4.03. The zero-order valence-corrected chi connectivity index (χ0v) is 13.2. The minimum Gasteiger partial charge on any atom is -0.349 e. The van der Waals surface area contributed by atoms with Crippen LogP contribution in [0.15, 0.2) is 42.5 Å². The van der Waals surface area contributed by atoms with E-state index >= 15 is 0 Å². The van der Waals surface area contributed by atoms with Crippen molar-refractivity contribution in [1.82, 2.24) is 5.32 Å². The molecule has 1 unspecified atom stereocenters. The lowest BCUT2D eigenvalue weighted by Gasteiger charge is -2.15. The van der Waals surface area contributed by atoms with Crippen LogP contribution in [-0.2, 0) is 11.2 Å². The summed E-state index contributed by atoms with van der Waals surface area (Å²) in [5.74, 6) is 0.0665. The molecule has 2 aromatic rings. The van der Waals surface area contributed by atoms with Gasteiger partial charge in [-0.25, -0.2) is 0 Å². The van der Waals surface area contributed by atoms with Crippen LogP contribution in [0.1, 0.15) is 40.8 Å². The zero-order chi connectivity index (χ0) is 15.4. The van der Waals surface area contributed by atoms with E-state index in [0.717, 1.165) is 11.1 Å². The summed E-state index contributed by atoms with van der Waals surface area (Å²) in [6, 6.07) is 14.5. The van der Waals surface area contributed by atoms with Gasteiger partial charge in [-0.15, -0.1) is 0 Å². The Hall–Kier alpha value is -2.09. The first-order valence-electron chi connectivity index (χ1n) is 7.38. The molecule has 0 fully saturated rings. The second kappa shape index (κ2) is 6.57. The Balaban J connectivity index is 2.01. The van der Waals surface area contributed by atoms with Gasteiger partial charge in [0.1, 0.15) is 0 Å². The van der Waals surface area contributed by atoms with Crippen molar-refractivity contribution >= 4 is 5.91 Å². The fourth-order valence-electron chi connectivity index (χ4n) is 2.39. The van der Waals surface area contributed by atoms with Crippen molar-refractivity contribution in [3.05, 3.63) is 70.3 Å². The number of hydrogen-bond acceptors (Lipinski definition) is 1. The van der Waals surface area contributed by atoms with E-state index in [4.69, 9.17) is 0 Å². The van der Waals surface area contributed by atoms with Gasteiger partial charge >= 0.3 is 0 Å². The second-order valence-electron chi connectivity index (χ2n) is 5.81. The molecular weight excluding hydrogens is 258 g/mol. The molecule has 0 bridgehead atoms. The number of amides is 1. The normalized spacial score (nSPS) is 12.0. The minimum atomic E-state index is 0.0308. The smallest absolute Gasteiger partial charge is 0.224 e.